The standard InChI is InChI=1S/C17H16N2O/c1-12-7-8-15(14(10-12)11-18)20-16-6-2-4-13-5-3-9-19-17(13)16/h2-10H,11,18H2,1H3. The Bertz CT molecular complexity index is 748. The van der Waals surface area contributed by atoms with Crippen molar-refractivity contribution in [3.63, 3.8) is 0 Å². The van der Waals surface area contributed by atoms with Gasteiger partial charge in [-0.2, -0.15) is 0 Å². The summed E-state index contributed by atoms with van der Waals surface area (Å²) < 4.78 is 6.03. The van der Waals surface area contributed by atoms with Crippen molar-refractivity contribution in [2.45, 2.75) is 13.5 Å². The van der Waals surface area contributed by atoms with Crippen molar-refractivity contribution in [2.75, 3.05) is 0 Å². The maximum atomic E-state index is 6.03. The molecular formula is C17H16N2O. The van der Waals surface area contributed by atoms with E-state index >= 15 is 0 Å². The summed E-state index contributed by atoms with van der Waals surface area (Å²) in [4.78, 5) is 4.39. The van der Waals surface area contributed by atoms with Gasteiger partial charge in [0.05, 0.1) is 0 Å². The zero-order valence-electron chi connectivity index (χ0n) is 11.3. The van der Waals surface area contributed by atoms with E-state index in [2.05, 4.69) is 4.98 Å². The third-order valence-corrected chi connectivity index (χ3v) is 3.25. The van der Waals surface area contributed by atoms with Crippen LogP contribution in [0.2, 0.25) is 0 Å². The molecule has 0 unspecified atom stereocenters. The number of hydrogen-bond acceptors (Lipinski definition) is 3. The van der Waals surface area contributed by atoms with E-state index in [0.717, 1.165) is 28.0 Å². The molecule has 0 fully saturated rings. The van der Waals surface area contributed by atoms with E-state index in [1.807, 2.05) is 55.5 Å². The van der Waals surface area contributed by atoms with Gasteiger partial charge in [0.2, 0.25) is 0 Å². The first kappa shape index (κ1) is 12.6. The van der Waals surface area contributed by atoms with Gasteiger partial charge < -0.3 is 10.5 Å². The molecule has 0 aliphatic heterocycles. The first-order chi connectivity index (χ1) is 9.78. The summed E-state index contributed by atoms with van der Waals surface area (Å²) in [7, 11) is 0. The highest BCUT2D eigenvalue weighted by molar-refractivity contribution is 5.84. The Labute approximate surface area is 118 Å². The van der Waals surface area contributed by atoms with Gasteiger partial charge >= 0.3 is 0 Å². The predicted molar refractivity (Wildman–Crippen MR) is 80.9 cm³/mol. The number of ether oxygens (including phenoxy) is 1. The van der Waals surface area contributed by atoms with Crippen LogP contribution in [0.3, 0.4) is 0 Å². The van der Waals surface area contributed by atoms with Crippen LogP contribution in [0.15, 0.2) is 54.7 Å². The minimum atomic E-state index is 0.454. The molecule has 2 aromatic carbocycles. The quantitative estimate of drug-likeness (QED) is 0.782. The maximum Gasteiger partial charge on any atom is 0.153 e. The van der Waals surface area contributed by atoms with Crippen molar-refractivity contribution in [1.29, 1.82) is 0 Å². The van der Waals surface area contributed by atoms with Crippen molar-refractivity contribution < 1.29 is 4.74 Å². The Hall–Kier alpha value is -2.39. The normalized spacial score (nSPS) is 10.7. The first-order valence-electron chi connectivity index (χ1n) is 6.59. The lowest BCUT2D eigenvalue weighted by molar-refractivity contribution is 0.480. The third kappa shape index (κ3) is 2.36. The summed E-state index contributed by atoms with van der Waals surface area (Å²) in [6.07, 6.45) is 1.77. The molecule has 0 aliphatic rings. The number of aromatic nitrogens is 1. The first-order valence-corrected chi connectivity index (χ1v) is 6.59. The average molecular weight is 264 g/mol. The van der Waals surface area contributed by atoms with Gasteiger partial charge in [0.1, 0.15) is 11.3 Å². The lowest BCUT2D eigenvalue weighted by Crippen LogP contribution is -2.00. The number of rotatable bonds is 3. The number of para-hydroxylation sites is 1. The Morgan fingerprint density at radius 2 is 1.90 bits per heavy atom. The molecule has 1 aromatic heterocycles. The second kappa shape index (κ2) is 5.31. The topological polar surface area (TPSA) is 48.1 Å². The molecule has 0 aliphatic carbocycles. The van der Waals surface area contributed by atoms with Crippen LogP contribution in [0, 0.1) is 6.92 Å². The third-order valence-electron chi connectivity index (χ3n) is 3.25. The van der Waals surface area contributed by atoms with Gasteiger partial charge in [0, 0.05) is 23.7 Å². The molecule has 0 atom stereocenters. The number of nitrogens with zero attached hydrogens (tertiary/aromatic N) is 1. The van der Waals surface area contributed by atoms with Crippen LogP contribution >= 0.6 is 0 Å². The largest absolute Gasteiger partial charge is 0.455 e. The predicted octanol–water partition coefficient (Wildman–Crippen LogP) is 3.79. The Morgan fingerprint density at radius 1 is 1.05 bits per heavy atom. The molecule has 0 saturated heterocycles. The van der Waals surface area contributed by atoms with Crippen LogP contribution in [0.1, 0.15) is 11.1 Å². The van der Waals surface area contributed by atoms with Crippen molar-refractivity contribution >= 4 is 10.9 Å². The molecule has 0 saturated carbocycles. The van der Waals surface area contributed by atoms with E-state index in [4.69, 9.17) is 10.5 Å². The second-order valence-electron chi connectivity index (χ2n) is 4.75. The Balaban J connectivity index is 2.05. The van der Waals surface area contributed by atoms with E-state index in [9.17, 15) is 0 Å². The summed E-state index contributed by atoms with van der Waals surface area (Å²) >= 11 is 0. The van der Waals surface area contributed by atoms with Gasteiger partial charge in [-0.05, 0) is 25.1 Å². The molecule has 3 heteroatoms. The fourth-order valence-electron chi connectivity index (χ4n) is 2.24. The number of fused-ring (bicyclic) bond motifs is 1. The fraction of sp³-hybridized carbons (Fsp3) is 0.118. The van der Waals surface area contributed by atoms with Crippen LogP contribution in [-0.4, -0.2) is 4.98 Å². The zero-order chi connectivity index (χ0) is 13.9. The SMILES string of the molecule is Cc1ccc(Oc2cccc3cccnc23)c(CN)c1. The lowest BCUT2D eigenvalue weighted by Gasteiger charge is -2.12. The number of nitrogens with two attached hydrogens (primary N) is 1. The highest BCUT2D eigenvalue weighted by Crippen LogP contribution is 2.30. The van der Waals surface area contributed by atoms with E-state index in [1.165, 1.54) is 5.56 Å². The van der Waals surface area contributed by atoms with E-state index in [1.54, 1.807) is 6.20 Å². The van der Waals surface area contributed by atoms with Gasteiger partial charge in [0.25, 0.3) is 0 Å². The summed E-state index contributed by atoms with van der Waals surface area (Å²) in [6.45, 7) is 2.50. The highest BCUT2D eigenvalue weighted by Gasteiger charge is 2.07. The summed E-state index contributed by atoms with van der Waals surface area (Å²) in [5.41, 5.74) is 8.82. The number of aryl methyl sites for hydroxylation is 1. The van der Waals surface area contributed by atoms with Gasteiger partial charge in [-0.15, -0.1) is 0 Å². The minimum absolute atomic E-state index is 0.454. The molecular weight excluding hydrogens is 248 g/mol. The molecule has 2 N–H and O–H groups in total. The van der Waals surface area contributed by atoms with E-state index in [0.29, 0.717) is 6.54 Å². The van der Waals surface area contributed by atoms with E-state index in [-0.39, 0.29) is 0 Å². The van der Waals surface area contributed by atoms with Crippen molar-refractivity contribution in [3.05, 3.63) is 65.9 Å². The highest BCUT2D eigenvalue weighted by atomic mass is 16.5. The van der Waals surface area contributed by atoms with Crippen LogP contribution in [0.5, 0.6) is 11.5 Å². The van der Waals surface area contributed by atoms with Gasteiger partial charge in [-0.3, -0.25) is 4.98 Å². The van der Waals surface area contributed by atoms with Crippen molar-refractivity contribution in [2.24, 2.45) is 5.73 Å². The molecule has 100 valence electrons. The Kier molecular flexibility index (Phi) is 3.35. The van der Waals surface area contributed by atoms with Crippen molar-refractivity contribution in [1.82, 2.24) is 4.98 Å². The number of pyridine rings is 1. The molecule has 0 bridgehead atoms. The molecule has 0 radical (unpaired) electrons. The molecule has 0 spiro atoms. The molecule has 1 heterocycles. The number of benzene rings is 2. The van der Waals surface area contributed by atoms with Crippen LogP contribution in [0.4, 0.5) is 0 Å². The van der Waals surface area contributed by atoms with Crippen LogP contribution < -0.4 is 10.5 Å². The fourth-order valence-corrected chi connectivity index (χ4v) is 2.24. The average Bonchev–Trinajstić information content (AvgIpc) is 2.49. The molecule has 3 aromatic rings. The lowest BCUT2D eigenvalue weighted by atomic mass is 10.1. The molecule has 0 amide bonds. The van der Waals surface area contributed by atoms with Crippen LogP contribution in [0.25, 0.3) is 10.9 Å². The van der Waals surface area contributed by atoms with Gasteiger partial charge in [0.15, 0.2) is 5.75 Å². The van der Waals surface area contributed by atoms with Crippen LogP contribution in [-0.2, 0) is 6.54 Å². The summed E-state index contributed by atoms with van der Waals surface area (Å²) in [5, 5.41) is 1.06. The second-order valence-corrected chi connectivity index (χ2v) is 4.75. The molecule has 3 nitrogen and oxygen atoms in total. The monoisotopic (exact) mass is 264 g/mol. The minimum Gasteiger partial charge on any atom is -0.455 e. The van der Waals surface area contributed by atoms with Gasteiger partial charge in [-0.1, -0.05) is 35.9 Å². The summed E-state index contributed by atoms with van der Waals surface area (Å²) in [6, 6.07) is 15.9. The van der Waals surface area contributed by atoms with Crippen molar-refractivity contribution in [3.8, 4) is 11.5 Å². The molecule has 20 heavy (non-hydrogen) atoms. The zero-order valence-corrected chi connectivity index (χ0v) is 11.3. The smallest absolute Gasteiger partial charge is 0.153 e. The number of hydrogen-bond donors (Lipinski definition) is 1. The summed E-state index contributed by atoms with van der Waals surface area (Å²) in [5.74, 6) is 1.54. The van der Waals surface area contributed by atoms with Gasteiger partial charge in [-0.25, -0.2) is 0 Å². The van der Waals surface area contributed by atoms with E-state index < -0.39 is 0 Å². The molecule has 3 rings (SSSR count). The maximum absolute atomic E-state index is 6.03. The Morgan fingerprint density at radius 3 is 2.75 bits per heavy atom.